The van der Waals surface area contributed by atoms with Crippen molar-refractivity contribution in [1.29, 1.82) is 0 Å². The molecule has 0 aromatic heterocycles. The molecule has 19 heavy (non-hydrogen) atoms. The van der Waals surface area contributed by atoms with E-state index in [-0.39, 0.29) is 5.91 Å². The number of hydrogen-bond acceptors (Lipinski definition) is 5. The number of ether oxygens (including phenoxy) is 1. The molecule has 1 aliphatic rings. The van der Waals surface area contributed by atoms with Gasteiger partial charge in [0.25, 0.3) is 5.91 Å². The van der Waals surface area contributed by atoms with Gasteiger partial charge in [-0.3, -0.25) is 4.79 Å². The van der Waals surface area contributed by atoms with E-state index in [0.717, 1.165) is 21.9 Å². The van der Waals surface area contributed by atoms with Gasteiger partial charge in [-0.15, -0.1) is 0 Å². The highest BCUT2D eigenvalue weighted by Gasteiger charge is 2.29. The maximum absolute atomic E-state index is 11.8. The summed E-state index contributed by atoms with van der Waals surface area (Å²) < 4.78 is 5.85. The summed E-state index contributed by atoms with van der Waals surface area (Å²) in [7, 11) is 0. The number of thioether (sulfide) groups is 1. The zero-order chi connectivity index (χ0) is 14.0. The van der Waals surface area contributed by atoms with Crippen LogP contribution in [-0.2, 0) is 4.79 Å². The predicted octanol–water partition coefficient (Wildman–Crippen LogP) is 2.47. The number of carbonyl (C=O) groups excluding carboxylic acids is 1. The molecule has 100 valence electrons. The standard InChI is InChI=1S/C13H14N2O2S2/c1-3-17-10-5-4-9(6-8(10)2)7-11-12(16)15(14)13(18)19-11/h4-7H,3,14H2,1-2H3/b11-7-. The van der Waals surface area contributed by atoms with Crippen molar-refractivity contribution in [3.8, 4) is 5.75 Å². The number of nitrogens with two attached hydrogens (primary N) is 1. The molecule has 2 rings (SSSR count). The molecule has 1 aromatic rings. The van der Waals surface area contributed by atoms with Gasteiger partial charge in [0, 0.05) is 0 Å². The second kappa shape index (κ2) is 5.73. The molecule has 6 heteroatoms. The van der Waals surface area contributed by atoms with Gasteiger partial charge in [0.1, 0.15) is 5.75 Å². The van der Waals surface area contributed by atoms with Gasteiger partial charge in [-0.2, -0.15) is 0 Å². The highest BCUT2D eigenvalue weighted by atomic mass is 32.2. The van der Waals surface area contributed by atoms with E-state index in [2.05, 4.69) is 0 Å². The van der Waals surface area contributed by atoms with Gasteiger partial charge in [-0.25, -0.2) is 10.9 Å². The van der Waals surface area contributed by atoms with Crippen molar-refractivity contribution in [3.63, 3.8) is 0 Å². The third-order valence-electron chi connectivity index (χ3n) is 2.62. The van der Waals surface area contributed by atoms with Crippen LogP contribution in [0, 0.1) is 6.92 Å². The number of nitrogens with zero attached hydrogens (tertiary/aromatic N) is 1. The number of rotatable bonds is 3. The Morgan fingerprint density at radius 2 is 2.26 bits per heavy atom. The van der Waals surface area contributed by atoms with Crippen molar-refractivity contribution in [3.05, 3.63) is 34.2 Å². The van der Waals surface area contributed by atoms with Gasteiger partial charge in [-0.1, -0.05) is 30.0 Å². The Kier molecular flexibility index (Phi) is 4.24. The van der Waals surface area contributed by atoms with Crippen LogP contribution in [0.1, 0.15) is 18.1 Å². The average Bonchev–Trinajstić information content (AvgIpc) is 2.61. The van der Waals surface area contributed by atoms with E-state index in [9.17, 15) is 4.79 Å². The lowest BCUT2D eigenvalue weighted by atomic mass is 10.1. The summed E-state index contributed by atoms with van der Waals surface area (Å²) in [5.74, 6) is 6.11. The molecular formula is C13H14N2O2S2. The number of hydrogen-bond donors (Lipinski definition) is 1. The highest BCUT2D eigenvalue weighted by Crippen LogP contribution is 2.31. The van der Waals surface area contributed by atoms with E-state index in [1.54, 1.807) is 6.08 Å². The molecule has 0 atom stereocenters. The van der Waals surface area contributed by atoms with Crippen LogP contribution in [-0.4, -0.2) is 21.8 Å². The smallest absolute Gasteiger partial charge is 0.280 e. The number of carbonyl (C=O) groups is 1. The third kappa shape index (κ3) is 2.97. The Bertz CT molecular complexity index is 570. The van der Waals surface area contributed by atoms with E-state index in [0.29, 0.717) is 15.8 Å². The second-order valence-corrected chi connectivity index (χ2v) is 5.69. The van der Waals surface area contributed by atoms with Crippen LogP contribution < -0.4 is 10.6 Å². The lowest BCUT2D eigenvalue weighted by molar-refractivity contribution is -0.122. The Balaban J connectivity index is 2.27. The van der Waals surface area contributed by atoms with Gasteiger partial charge >= 0.3 is 0 Å². The number of amides is 1. The molecule has 1 amide bonds. The minimum Gasteiger partial charge on any atom is -0.494 e. The first-order valence-corrected chi connectivity index (χ1v) is 7.01. The fraction of sp³-hybridized carbons (Fsp3) is 0.231. The van der Waals surface area contributed by atoms with Crippen LogP contribution in [0.15, 0.2) is 23.1 Å². The quantitative estimate of drug-likeness (QED) is 0.402. The summed E-state index contributed by atoms with van der Waals surface area (Å²) in [6.07, 6.45) is 1.79. The summed E-state index contributed by atoms with van der Waals surface area (Å²) >= 11 is 6.18. The van der Waals surface area contributed by atoms with Crippen LogP contribution in [0.4, 0.5) is 0 Å². The third-order valence-corrected chi connectivity index (χ3v) is 3.95. The number of benzene rings is 1. The SMILES string of the molecule is CCOc1ccc(/C=C2\SC(=S)N(N)C2=O)cc1C. The minimum absolute atomic E-state index is 0.262. The first-order chi connectivity index (χ1) is 9.02. The monoisotopic (exact) mass is 294 g/mol. The lowest BCUT2D eigenvalue weighted by Crippen LogP contribution is -2.34. The van der Waals surface area contributed by atoms with Crippen LogP contribution in [0.3, 0.4) is 0 Å². The van der Waals surface area contributed by atoms with Gasteiger partial charge in [-0.05, 0) is 43.2 Å². The Morgan fingerprint density at radius 3 is 2.79 bits per heavy atom. The summed E-state index contributed by atoms with van der Waals surface area (Å²) in [5, 5.41) is 0.993. The highest BCUT2D eigenvalue weighted by molar-refractivity contribution is 8.26. The molecule has 1 heterocycles. The van der Waals surface area contributed by atoms with E-state index < -0.39 is 0 Å². The van der Waals surface area contributed by atoms with Gasteiger partial charge in [0.2, 0.25) is 0 Å². The largest absolute Gasteiger partial charge is 0.494 e. The average molecular weight is 294 g/mol. The van der Waals surface area contributed by atoms with E-state index in [1.165, 1.54) is 11.8 Å². The Hall–Kier alpha value is -1.37. The fourth-order valence-corrected chi connectivity index (χ4v) is 2.81. The molecule has 0 radical (unpaired) electrons. The van der Waals surface area contributed by atoms with Crippen molar-refractivity contribution in [1.82, 2.24) is 5.01 Å². The molecule has 1 saturated heterocycles. The predicted molar refractivity (Wildman–Crippen MR) is 81.5 cm³/mol. The van der Waals surface area contributed by atoms with E-state index >= 15 is 0 Å². The van der Waals surface area contributed by atoms with Crippen molar-refractivity contribution >= 4 is 40.3 Å². The zero-order valence-electron chi connectivity index (χ0n) is 10.7. The molecule has 2 N–H and O–H groups in total. The lowest BCUT2D eigenvalue weighted by Gasteiger charge is -2.07. The first kappa shape index (κ1) is 14.0. The molecule has 0 bridgehead atoms. The normalized spacial score (nSPS) is 17.4. The molecule has 0 spiro atoms. The second-order valence-electron chi connectivity index (χ2n) is 4.01. The molecule has 0 saturated carbocycles. The summed E-state index contributed by atoms with van der Waals surface area (Å²) in [6.45, 7) is 4.54. The minimum atomic E-state index is -0.262. The Labute approximate surface area is 121 Å². The van der Waals surface area contributed by atoms with Gasteiger partial charge in [0.05, 0.1) is 11.5 Å². The van der Waals surface area contributed by atoms with Crippen molar-refractivity contribution in [2.75, 3.05) is 6.61 Å². The fourth-order valence-electron chi connectivity index (χ4n) is 1.71. The Morgan fingerprint density at radius 1 is 1.53 bits per heavy atom. The molecule has 0 unspecified atom stereocenters. The maximum Gasteiger partial charge on any atom is 0.280 e. The molecule has 1 fully saturated rings. The topological polar surface area (TPSA) is 55.6 Å². The first-order valence-electron chi connectivity index (χ1n) is 5.79. The molecule has 1 aromatic carbocycles. The van der Waals surface area contributed by atoms with Crippen LogP contribution in [0.5, 0.6) is 5.75 Å². The van der Waals surface area contributed by atoms with Gasteiger partial charge < -0.3 is 4.74 Å². The zero-order valence-corrected chi connectivity index (χ0v) is 12.3. The van der Waals surface area contributed by atoms with Crippen molar-refractivity contribution < 1.29 is 9.53 Å². The van der Waals surface area contributed by atoms with Crippen molar-refractivity contribution in [2.24, 2.45) is 5.84 Å². The number of hydrazine groups is 1. The molecular weight excluding hydrogens is 280 g/mol. The van der Waals surface area contributed by atoms with E-state index in [1.807, 2.05) is 32.0 Å². The van der Waals surface area contributed by atoms with Gasteiger partial charge in [0.15, 0.2) is 4.32 Å². The number of thiocarbonyl (C=S) groups is 1. The maximum atomic E-state index is 11.8. The van der Waals surface area contributed by atoms with Crippen LogP contribution in [0.25, 0.3) is 6.08 Å². The molecule has 1 aliphatic heterocycles. The van der Waals surface area contributed by atoms with Crippen LogP contribution >= 0.6 is 24.0 Å². The van der Waals surface area contributed by atoms with E-state index in [4.69, 9.17) is 22.8 Å². The van der Waals surface area contributed by atoms with Crippen LogP contribution in [0.2, 0.25) is 0 Å². The molecule has 4 nitrogen and oxygen atoms in total. The number of aryl methyl sites for hydroxylation is 1. The summed E-state index contributed by atoms with van der Waals surface area (Å²) in [6, 6.07) is 5.77. The summed E-state index contributed by atoms with van der Waals surface area (Å²) in [4.78, 5) is 12.3. The van der Waals surface area contributed by atoms with Crippen molar-refractivity contribution in [2.45, 2.75) is 13.8 Å². The molecule has 0 aliphatic carbocycles. The summed E-state index contributed by atoms with van der Waals surface area (Å²) in [5.41, 5.74) is 1.95.